The van der Waals surface area contributed by atoms with Gasteiger partial charge in [-0.05, 0) is 18.4 Å². The van der Waals surface area contributed by atoms with E-state index in [2.05, 4.69) is 10.5 Å². The van der Waals surface area contributed by atoms with Gasteiger partial charge < -0.3 is 16.3 Å². The molecule has 0 spiro atoms. The number of benzene rings is 1. The highest BCUT2D eigenvalue weighted by Crippen LogP contribution is 2.31. The van der Waals surface area contributed by atoms with E-state index in [4.69, 9.17) is 10.9 Å². The minimum atomic E-state index is -0.924. The fourth-order valence-corrected chi connectivity index (χ4v) is 2.62. The van der Waals surface area contributed by atoms with Crippen LogP contribution < -0.4 is 11.1 Å². The molecule has 0 aliphatic heterocycles. The molecule has 116 valence electrons. The van der Waals surface area contributed by atoms with Gasteiger partial charge in [0.2, 0.25) is 5.91 Å². The number of amidine groups is 1. The molecule has 0 saturated heterocycles. The average molecular weight is 291 g/mol. The summed E-state index contributed by atoms with van der Waals surface area (Å²) in [6.07, 6.45) is 2.71. The lowest BCUT2D eigenvalue weighted by Crippen LogP contribution is -2.49. The Labute approximate surface area is 126 Å². The van der Waals surface area contributed by atoms with Crippen molar-refractivity contribution in [3.05, 3.63) is 35.9 Å². The molecule has 0 aliphatic rings. The summed E-state index contributed by atoms with van der Waals surface area (Å²) in [6, 6.07) is 9.68. The van der Waals surface area contributed by atoms with Crippen molar-refractivity contribution in [1.82, 2.24) is 5.32 Å². The van der Waals surface area contributed by atoms with Crippen LogP contribution in [0.4, 0.5) is 0 Å². The number of hydrogen-bond donors (Lipinski definition) is 3. The molecule has 1 aromatic rings. The summed E-state index contributed by atoms with van der Waals surface area (Å²) in [5, 5.41) is 15.1. The van der Waals surface area contributed by atoms with Gasteiger partial charge in [0.05, 0.1) is 0 Å². The number of hydrogen-bond acceptors (Lipinski definition) is 3. The van der Waals surface area contributed by atoms with Gasteiger partial charge in [0.1, 0.15) is 5.41 Å². The lowest BCUT2D eigenvalue weighted by atomic mass is 9.77. The van der Waals surface area contributed by atoms with Crippen LogP contribution in [-0.4, -0.2) is 17.0 Å². The second-order valence-electron chi connectivity index (χ2n) is 5.24. The van der Waals surface area contributed by atoms with Crippen molar-refractivity contribution < 1.29 is 10.0 Å². The Bertz CT molecular complexity index is 466. The van der Waals surface area contributed by atoms with Crippen molar-refractivity contribution in [2.24, 2.45) is 16.3 Å². The molecule has 1 rings (SSSR count). The number of rotatable bonds is 8. The van der Waals surface area contributed by atoms with Crippen molar-refractivity contribution in [3.8, 4) is 0 Å². The fraction of sp³-hybridized carbons (Fsp3) is 0.500. The van der Waals surface area contributed by atoms with Gasteiger partial charge >= 0.3 is 0 Å². The topological polar surface area (TPSA) is 87.7 Å². The number of carbonyl (C=O) groups excluding carboxylic acids is 1. The van der Waals surface area contributed by atoms with Gasteiger partial charge in [-0.3, -0.25) is 4.79 Å². The second kappa shape index (κ2) is 8.29. The van der Waals surface area contributed by atoms with Crippen molar-refractivity contribution in [3.63, 3.8) is 0 Å². The third-order valence-electron chi connectivity index (χ3n) is 3.68. The number of nitrogens with zero attached hydrogens (tertiary/aromatic N) is 1. The molecule has 0 atom stereocenters. The first-order chi connectivity index (χ1) is 10.1. The number of amides is 1. The van der Waals surface area contributed by atoms with E-state index in [1.165, 1.54) is 0 Å². The van der Waals surface area contributed by atoms with Crippen LogP contribution in [0.2, 0.25) is 0 Å². The average Bonchev–Trinajstić information content (AvgIpc) is 2.52. The number of nitrogens with one attached hydrogen (secondary N) is 1. The SMILES string of the molecule is CCCC(CCC)(C(=O)NCc1ccccc1)C(N)=NO. The molecule has 0 heterocycles. The summed E-state index contributed by atoms with van der Waals surface area (Å²) >= 11 is 0. The first kappa shape index (κ1) is 17.0. The molecule has 0 aromatic heterocycles. The summed E-state index contributed by atoms with van der Waals surface area (Å²) < 4.78 is 0. The molecule has 0 saturated carbocycles. The Morgan fingerprint density at radius 1 is 1.24 bits per heavy atom. The Hall–Kier alpha value is -2.04. The maximum atomic E-state index is 12.6. The van der Waals surface area contributed by atoms with Gasteiger partial charge in [0.15, 0.2) is 5.84 Å². The number of oxime groups is 1. The lowest BCUT2D eigenvalue weighted by molar-refractivity contribution is -0.128. The van der Waals surface area contributed by atoms with Crippen molar-refractivity contribution in [2.45, 2.75) is 46.1 Å². The molecule has 1 aromatic carbocycles. The first-order valence-electron chi connectivity index (χ1n) is 7.41. The van der Waals surface area contributed by atoms with Crippen LogP contribution in [-0.2, 0) is 11.3 Å². The Morgan fingerprint density at radius 2 is 1.81 bits per heavy atom. The van der Waals surface area contributed by atoms with Gasteiger partial charge in [-0.1, -0.05) is 62.2 Å². The zero-order valence-corrected chi connectivity index (χ0v) is 12.8. The zero-order chi connectivity index (χ0) is 15.7. The van der Waals surface area contributed by atoms with Gasteiger partial charge in [0.25, 0.3) is 0 Å². The normalized spacial score (nSPS) is 12.2. The van der Waals surface area contributed by atoms with Crippen molar-refractivity contribution >= 4 is 11.7 Å². The molecule has 1 amide bonds. The molecule has 4 N–H and O–H groups in total. The van der Waals surface area contributed by atoms with Gasteiger partial charge in [-0.2, -0.15) is 0 Å². The monoisotopic (exact) mass is 291 g/mol. The third kappa shape index (κ3) is 4.21. The fourth-order valence-electron chi connectivity index (χ4n) is 2.62. The largest absolute Gasteiger partial charge is 0.409 e. The quantitative estimate of drug-likeness (QED) is 0.298. The zero-order valence-electron chi connectivity index (χ0n) is 12.8. The van der Waals surface area contributed by atoms with E-state index < -0.39 is 5.41 Å². The maximum absolute atomic E-state index is 12.6. The van der Waals surface area contributed by atoms with E-state index in [9.17, 15) is 4.79 Å². The highest BCUT2D eigenvalue weighted by atomic mass is 16.4. The smallest absolute Gasteiger partial charge is 0.234 e. The molecule has 0 unspecified atom stereocenters. The summed E-state index contributed by atoms with van der Waals surface area (Å²) in [5.41, 5.74) is 5.93. The number of nitrogens with two attached hydrogens (primary N) is 1. The van der Waals surface area contributed by atoms with Crippen LogP contribution in [0.3, 0.4) is 0 Å². The first-order valence-corrected chi connectivity index (χ1v) is 7.41. The molecule has 0 fully saturated rings. The van der Waals surface area contributed by atoms with Crippen molar-refractivity contribution in [1.29, 1.82) is 0 Å². The molecule has 5 nitrogen and oxygen atoms in total. The summed E-state index contributed by atoms with van der Waals surface area (Å²) in [6.45, 7) is 4.41. The van der Waals surface area contributed by atoms with Crippen LogP contribution in [0, 0.1) is 5.41 Å². The van der Waals surface area contributed by atoms with Gasteiger partial charge in [-0.15, -0.1) is 0 Å². The van der Waals surface area contributed by atoms with Crippen LogP contribution in [0.15, 0.2) is 35.5 Å². The standard InChI is InChI=1S/C16H25N3O2/c1-3-10-16(11-4-2,14(17)19-21)15(20)18-12-13-8-6-5-7-9-13/h5-9,21H,3-4,10-12H2,1-2H3,(H2,17,19)(H,18,20). The highest BCUT2D eigenvalue weighted by Gasteiger charge is 2.41. The summed E-state index contributed by atoms with van der Waals surface area (Å²) in [4.78, 5) is 12.6. The molecular weight excluding hydrogens is 266 g/mol. The van der Waals surface area contributed by atoms with E-state index in [0.29, 0.717) is 19.4 Å². The summed E-state index contributed by atoms with van der Waals surface area (Å²) in [5.74, 6) is -0.179. The predicted octanol–water partition coefficient (Wildman–Crippen LogP) is 2.64. The summed E-state index contributed by atoms with van der Waals surface area (Å²) in [7, 11) is 0. The second-order valence-corrected chi connectivity index (χ2v) is 5.24. The van der Waals surface area contributed by atoms with E-state index in [1.54, 1.807) is 0 Å². The molecule has 0 radical (unpaired) electrons. The maximum Gasteiger partial charge on any atom is 0.234 e. The lowest BCUT2D eigenvalue weighted by Gasteiger charge is -2.30. The van der Waals surface area contributed by atoms with Gasteiger partial charge in [0, 0.05) is 6.54 Å². The molecule has 21 heavy (non-hydrogen) atoms. The van der Waals surface area contributed by atoms with E-state index in [-0.39, 0.29) is 11.7 Å². The minimum absolute atomic E-state index is 0.00300. The Morgan fingerprint density at radius 3 is 2.29 bits per heavy atom. The molecule has 0 bridgehead atoms. The van der Waals surface area contributed by atoms with E-state index in [0.717, 1.165) is 18.4 Å². The van der Waals surface area contributed by atoms with Gasteiger partial charge in [-0.25, -0.2) is 0 Å². The molecule has 5 heteroatoms. The van der Waals surface area contributed by atoms with Crippen LogP contribution in [0.5, 0.6) is 0 Å². The number of carbonyl (C=O) groups is 1. The van der Waals surface area contributed by atoms with Crippen LogP contribution in [0.1, 0.15) is 45.1 Å². The third-order valence-corrected chi connectivity index (χ3v) is 3.68. The van der Waals surface area contributed by atoms with Crippen LogP contribution >= 0.6 is 0 Å². The van der Waals surface area contributed by atoms with E-state index in [1.807, 2.05) is 44.2 Å². The molecular formula is C16H25N3O2. The van der Waals surface area contributed by atoms with E-state index >= 15 is 0 Å². The molecule has 0 aliphatic carbocycles. The van der Waals surface area contributed by atoms with Crippen molar-refractivity contribution in [2.75, 3.05) is 0 Å². The highest BCUT2D eigenvalue weighted by molar-refractivity contribution is 6.06. The Balaban J connectivity index is 2.88. The Kier molecular flexibility index (Phi) is 6.72. The predicted molar refractivity (Wildman–Crippen MR) is 83.9 cm³/mol. The van der Waals surface area contributed by atoms with Crippen LogP contribution in [0.25, 0.3) is 0 Å². The minimum Gasteiger partial charge on any atom is -0.409 e.